The van der Waals surface area contributed by atoms with E-state index in [9.17, 15) is 0 Å². The van der Waals surface area contributed by atoms with Crippen LogP contribution in [0.4, 0.5) is 5.82 Å². The Morgan fingerprint density at radius 3 is 2.90 bits per heavy atom. The van der Waals surface area contributed by atoms with Gasteiger partial charge in [0.25, 0.3) is 0 Å². The molecule has 0 saturated heterocycles. The second-order valence-electron chi connectivity index (χ2n) is 4.91. The van der Waals surface area contributed by atoms with Gasteiger partial charge in [-0.25, -0.2) is 9.97 Å². The number of nitrogens with one attached hydrogen (secondary N) is 2. The number of hydrogen-bond donors (Lipinski definition) is 2. The molecule has 3 aromatic rings. The number of aromatic nitrogens is 4. The minimum atomic E-state index is 0.266. The van der Waals surface area contributed by atoms with E-state index >= 15 is 0 Å². The highest BCUT2D eigenvalue weighted by molar-refractivity contribution is 6.28. The molecule has 0 radical (unpaired) electrons. The predicted molar refractivity (Wildman–Crippen MR) is 84.7 cm³/mol. The number of aromatic amines is 1. The maximum Gasteiger partial charge on any atom is 0.224 e. The molecule has 108 valence electrons. The molecule has 21 heavy (non-hydrogen) atoms. The second kappa shape index (κ2) is 6.10. The minimum Gasteiger partial charge on any atom is -0.369 e. The molecule has 2 heterocycles. The molecule has 5 nitrogen and oxygen atoms in total. The highest BCUT2D eigenvalue weighted by Crippen LogP contribution is 2.21. The Labute approximate surface area is 127 Å². The molecule has 0 amide bonds. The lowest BCUT2D eigenvalue weighted by Crippen LogP contribution is -2.06. The molecular weight excluding hydrogens is 286 g/mol. The molecule has 6 heteroatoms. The van der Waals surface area contributed by atoms with E-state index in [1.807, 2.05) is 37.4 Å². The summed E-state index contributed by atoms with van der Waals surface area (Å²) in [7, 11) is 0. The summed E-state index contributed by atoms with van der Waals surface area (Å²) in [5, 5.41) is 11.6. The van der Waals surface area contributed by atoms with Crippen LogP contribution in [0.3, 0.4) is 0 Å². The number of fused-ring (bicyclic) bond motifs is 1. The van der Waals surface area contributed by atoms with E-state index < -0.39 is 0 Å². The van der Waals surface area contributed by atoms with Crippen LogP contribution in [0, 0.1) is 6.92 Å². The zero-order valence-electron chi connectivity index (χ0n) is 11.7. The first-order valence-corrected chi connectivity index (χ1v) is 7.27. The van der Waals surface area contributed by atoms with Crippen LogP contribution in [0.25, 0.3) is 10.9 Å². The lowest BCUT2D eigenvalue weighted by atomic mass is 10.1. The summed E-state index contributed by atoms with van der Waals surface area (Å²) in [6.45, 7) is 2.86. The van der Waals surface area contributed by atoms with Crippen molar-refractivity contribution in [2.24, 2.45) is 0 Å². The van der Waals surface area contributed by atoms with Gasteiger partial charge < -0.3 is 5.32 Å². The van der Waals surface area contributed by atoms with Gasteiger partial charge in [-0.05, 0) is 49.1 Å². The van der Waals surface area contributed by atoms with Crippen molar-refractivity contribution in [2.45, 2.75) is 19.8 Å². The maximum absolute atomic E-state index is 5.96. The predicted octanol–water partition coefficient (Wildman–Crippen LogP) is 3.36. The van der Waals surface area contributed by atoms with Crippen LogP contribution in [-0.2, 0) is 6.42 Å². The SMILES string of the molecule is Cc1[nH]ncc1CCCNc1nc(Cl)nc2ccccc12. The quantitative estimate of drug-likeness (QED) is 0.560. The van der Waals surface area contributed by atoms with Gasteiger partial charge in [-0.15, -0.1) is 0 Å². The number of nitrogens with zero attached hydrogens (tertiary/aromatic N) is 3. The summed E-state index contributed by atoms with van der Waals surface area (Å²) in [6, 6.07) is 7.84. The number of hydrogen-bond acceptors (Lipinski definition) is 4. The average Bonchev–Trinajstić information content (AvgIpc) is 2.88. The molecule has 0 atom stereocenters. The van der Waals surface area contributed by atoms with E-state index in [1.54, 1.807) is 0 Å². The van der Waals surface area contributed by atoms with Gasteiger partial charge >= 0.3 is 0 Å². The number of benzene rings is 1. The summed E-state index contributed by atoms with van der Waals surface area (Å²) < 4.78 is 0. The van der Waals surface area contributed by atoms with Crippen molar-refractivity contribution < 1.29 is 0 Å². The first-order valence-electron chi connectivity index (χ1n) is 6.89. The lowest BCUT2D eigenvalue weighted by Gasteiger charge is -2.08. The van der Waals surface area contributed by atoms with Gasteiger partial charge in [0.2, 0.25) is 5.28 Å². The van der Waals surface area contributed by atoms with Gasteiger partial charge in [-0.2, -0.15) is 5.10 Å². The molecule has 0 aliphatic carbocycles. The minimum absolute atomic E-state index is 0.266. The molecule has 0 saturated carbocycles. The van der Waals surface area contributed by atoms with Crippen LogP contribution in [0.2, 0.25) is 5.28 Å². The Bertz CT molecular complexity index is 753. The molecule has 1 aromatic carbocycles. The molecule has 0 unspecified atom stereocenters. The monoisotopic (exact) mass is 301 g/mol. The van der Waals surface area contributed by atoms with Gasteiger partial charge in [-0.3, -0.25) is 5.10 Å². The summed E-state index contributed by atoms with van der Waals surface area (Å²) >= 11 is 5.96. The highest BCUT2D eigenvalue weighted by Gasteiger charge is 2.06. The highest BCUT2D eigenvalue weighted by atomic mass is 35.5. The van der Waals surface area contributed by atoms with Gasteiger partial charge in [-0.1, -0.05) is 12.1 Å². The Balaban J connectivity index is 1.67. The Morgan fingerprint density at radius 1 is 1.24 bits per heavy atom. The Morgan fingerprint density at radius 2 is 2.10 bits per heavy atom. The molecule has 2 N–H and O–H groups in total. The van der Waals surface area contributed by atoms with Crippen LogP contribution in [0.5, 0.6) is 0 Å². The Kier molecular flexibility index (Phi) is 4.01. The summed E-state index contributed by atoms with van der Waals surface area (Å²) in [5.74, 6) is 0.787. The smallest absolute Gasteiger partial charge is 0.224 e. The average molecular weight is 302 g/mol. The van der Waals surface area contributed by atoms with Crippen LogP contribution >= 0.6 is 11.6 Å². The molecule has 0 aliphatic rings. The largest absolute Gasteiger partial charge is 0.369 e. The van der Waals surface area contributed by atoms with Gasteiger partial charge in [0.1, 0.15) is 5.82 Å². The van der Waals surface area contributed by atoms with Crippen molar-refractivity contribution in [3.05, 3.63) is 47.0 Å². The molecular formula is C15H16ClN5. The van der Waals surface area contributed by atoms with Crippen molar-refractivity contribution >= 4 is 28.3 Å². The third-order valence-electron chi connectivity index (χ3n) is 3.43. The topological polar surface area (TPSA) is 66.5 Å². The van der Waals surface area contributed by atoms with Crippen LogP contribution < -0.4 is 5.32 Å². The molecule has 2 aromatic heterocycles. The van der Waals surface area contributed by atoms with Gasteiger partial charge in [0, 0.05) is 17.6 Å². The third kappa shape index (κ3) is 3.13. The number of anilines is 1. The Hall–Kier alpha value is -2.14. The molecule has 3 rings (SSSR count). The van der Waals surface area contributed by atoms with Crippen molar-refractivity contribution in [3.8, 4) is 0 Å². The first-order chi connectivity index (χ1) is 10.2. The summed E-state index contributed by atoms with van der Waals surface area (Å²) in [6.07, 6.45) is 3.86. The standard InChI is InChI=1S/C15H16ClN5/c1-10-11(9-18-21-10)5-4-8-17-14-12-6-2-3-7-13(12)19-15(16)20-14/h2-3,6-7,9H,4-5,8H2,1H3,(H,18,21)(H,17,19,20). The summed E-state index contributed by atoms with van der Waals surface area (Å²) in [4.78, 5) is 8.50. The fourth-order valence-electron chi connectivity index (χ4n) is 2.30. The van der Waals surface area contributed by atoms with Crippen molar-refractivity contribution in [3.63, 3.8) is 0 Å². The molecule has 0 fully saturated rings. The summed E-state index contributed by atoms with van der Waals surface area (Å²) in [5.41, 5.74) is 3.23. The van der Waals surface area contributed by atoms with Crippen LogP contribution in [-0.4, -0.2) is 26.7 Å². The van der Waals surface area contributed by atoms with Gasteiger partial charge in [0.05, 0.1) is 11.7 Å². The zero-order valence-corrected chi connectivity index (χ0v) is 12.5. The number of rotatable bonds is 5. The van der Waals surface area contributed by atoms with Crippen molar-refractivity contribution in [1.29, 1.82) is 0 Å². The first kappa shape index (κ1) is 13.8. The van der Waals surface area contributed by atoms with E-state index in [0.29, 0.717) is 0 Å². The fourth-order valence-corrected chi connectivity index (χ4v) is 2.47. The number of para-hydroxylation sites is 1. The number of halogens is 1. The lowest BCUT2D eigenvalue weighted by molar-refractivity contribution is 0.854. The fraction of sp³-hybridized carbons (Fsp3) is 0.267. The number of H-pyrrole nitrogens is 1. The van der Waals surface area contributed by atoms with Crippen molar-refractivity contribution in [2.75, 3.05) is 11.9 Å². The van der Waals surface area contributed by atoms with E-state index in [-0.39, 0.29) is 5.28 Å². The van der Waals surface area contributed by atoms with E-state index in [0.717, 1.165) is 41.8 Å². The third-order valence-corrected chi connectivity index (χ3v) is 3.59. The van der Waals surface area contributed by atoms with Gasteiger partial charge in [0.15, 0.2) is 0 Å². The van der Waals surface area contributed by atoms with E-state index in [4.69, 9.17) is 11.6 Å². The van der Waals surface area contributed by atoms with Crippen molar-refractivity contribution in [1.82, 2.24) is 20.2 Å². The molecule has 0 bridgehead atoms. The van der Waals surface area contributed by atoms with E-state index in [2.05, 4.69) is 25.5 Å². The number of aryl methyl sites for hydroxylation is 2. The molecule has 0 aliphatic heterocycles. The van der Waals surface area contributed by atoms with E-state index in [1.165, 1.54) is 5.56 Å². The second-order valence-corrected chi connectivity index (χ2v) is 5.25. The normalized spacial score (nSPS) is 11.0. The maximum atomic E-state index is 5.96. The van der Waals surface area contributed by atoms with Crippen LogP contribution in [0.1, 0.15) is 17.7 Å². The van der Waals surface area contributed by atoms with Crippen LogP contribution in [0.15, 0.2) is 30.5 Å². The zero-order chi connectivity index (χ0) is 14.7. The molecule has 0 spiro atoms.